The third kappa shape index (κ3) is 7.27. The van der Waals surface area contributed by atoms with Gasteiger partial charge in [-0.2, -0.15) is 0 Å². The van der Waals surface area contributed by atoms with E-state index in [1.807, 2.05) is 0 Å². The van der Waals surface area contributed by atoms with Crippen molar-refractivity contribution in [3.8, 4) is 11.5 Å². The second-order valence-corrected chi connectivity index (χ2v) is 16.6. The van der Waals surface area contributed by atoms with E-state index in [9.17, 15) is 53.7 Å². The largest absolute Gasteiger partial charge is 0.504 e. The summed E-state index contributed by atoms with van der Waals surface area (Å²) in [4.78, 5) is 89.0. The molecule has 0 spiro atoms. The van der Waals surface area contributed by atoms with Crippen LogP contribution in [0.15, 0.2) is 39.1 Å². The number of nitrogens with two attached hydrogens (primary N) is 1. The second kappa shape index (κ2) is 14.7. The second-order valence-electron chi connectivity index (χ2n) is 14.2. The number of piperidine rings is 1. The number of thioether (sulfide) groups is 1. The normalized spacial score (nSPS) is 25.7. The average molecular weight is 806 g/mol. The molecule has 6 heterocycles. The number of thiazole rings is 1. The molecule has 4 saturated heterocycles. The minimum absolute atomic E-state index is 0.0233. The van der Waals surface area contributed by atoms with Crippen molar-refractivity contribution < 1.29 is 58.1 Å². The van der Waals surface area contributed by atoms with E-state index in [0.29, 0.717) is 42.5 Å². The molecule has 3 amide bonds. The van der Waals surface area contributed by atoms with E-state index in [4.69, 9.17) is 10.6 Å². The molecule has 2 aromatic rings. The smallest absolute Gasteiger partial charge is 0.352 e. The van der Waals surface area contributed by atoms with Crippen LogP contribution >= 0.6 is 23.1 Å². The third-order valence-corrected chi connectivity index (χ3v) is 12.5. The first-order chi connectivity index (χ1) is 25.9. The van der Waals surface area contributed by atoms with Gasteiger partial charge in [-0.1, -0.05) is 10.3 Å². The number of carboxylic acid groups (broad SMARTS) is 2. The van der Waals surface area contributed by atoms with Crippen molar-refractivity contribution in [3.63, 3.8) is 0 Å². The summed E-state index contributed by atoms with van der Waals surface area (Å²) in [5.41, 5.74) is 3.54. The number of fused-ring (bicyclic) bond motifs is 5. The Kier molecular flexibility index (Phi) is 10.5. The molecule has 5 aliphatic heterocycles. The zero-order valence-electron chi connectivity index (χ0n) is 29.7. The summed E-state index contributed by atoms with van der Waals surface area (Å²) in [6.45, 7) is 6.13. The highest BCUT2D eigenvalue weighted by molar-refractivity contribution is 8.00. The van der Waals surface area contributed by atoms with Gasteiger partial charge in [-0.05, 0) is 38.5 Å². The Bertz CT molecular complexity index is 2010. The number of carboxylic acids is 2. The Labute approximate surface area is 320 Å². The standard InChI is InChI=1S/C33H37FN8O11S2/c1-14-17(12-42-7-4-16(5-8-42)40(6-9-42)27(46)21(38-52)15-10-18(34)25(44)20(43)11-15)24(30(48)49)41-28(47)23(29(41)55-14)37-26(45)22(19-13-54-32(35)36-19)39-53-33(2,3)31(50)51/h10-11,13-14,16,21,23,29H,4-9,12H2,1-3H3,(H6-,35,36,37,39,43,44,45,48,49,50,51)/p+1/t14-,16?,21?,23+,29+,42?/m0/s1. The monoisotopic (exact) mass is 805 g/mol. The Morgan fingerprint density at radius 1 is 1.18 bits per heavy atom. The number of oxime groups is 1. The quantitative estimate of drug-likeness (QED) is 0.0441. The molecule has 22 heteroatoms. The van der Waals surface area contributed by atoms with E-state index in [-0.39, 0.29) is 41.2 Å². The highest BCUT2D eigenvalue weighted by Crippen LogP contribution is 2.46. The predicted octanol–water partition coefficient (Wildman–Crippen LogP) is 1.32. The number of aromatic hydroxyl groups is 2. The van der Waals surface area contributed by atoms with Crippen molar-refractivity contribution in [1.29, 1.82) is 0 Å². The Hall–Kier alpha value is -5.35. The number of aromatic nitrogens is 1. The summed E-state index contributed by atoms with van der Waals surface area (Å²) in [6.07, 6.45) is 1.01. The number of benzene rings is 1. The van der Waals surface area contributed by atoms with Gasteiger partial charge >= 0.3 is 11.9 Å². The number of nitroso groups, excluding NO2 is 1. The lowest BCUT2D eigenvalue weighted by Gasteiger charge is -2.52. The number of phenols is 2. The van der Waals surface area contributed by atoms with Crippen LogP contribution in [0.4, 0.5) is 9.52 Å². The Morgan fingerprint density at radius 2 is 1.87 bits per heavy atom. The van der Waals surface area contributed by atoms with E-state index in [2.05, 4.69) is 20.6 Å². The van der Waals surface area contributed by atoms with Crippen LogP contribution in [0, 0.1) is 10.7 Å². The number of quaternary nitrogens is 1. The van der Waals surface area contributed by atoms with E-state index >= 15 is 0 Å². The van der Waals surface area contributed by atoms with Crippen LogP contribution in [-0.4, -0.2) is 136 Å². The van der Waals surface area contributed by atoms with E-state index < -0.39 is 81.0 Å². The van der Waals surface area contributed by atoms with Gasteiger partial charge in [0, 0.05) is 35.1 Å². The number of anilines is 1. The van der Waals surface area contributed by atoms with Gasteiger partial charge in [0.25, 0.3) is 17.7 Å². The van der Waals surface area contributed by atoms with Gasteiger partial charge in [-0.25, -0.2) is 19.0 Å². The molecular formula is C33H38FN8O11S2+. The highest BCUT2D eigenvalue weighted by atomic mass is 32.2. The number of aliphatic carboxylic acids is 2. The first kappa shape index (κ1) is 39.3. The molecule has 4 atom stereocenters. The van der Waals surface area contributed by atoms with Crippen LogP contribution in [0.3, 0.4) is 0 Å². The molecule has 0 radical (unpaired) electrons. The van der Waals surface area contributed by atoms with Crippen LogP contribution in [0.25, 0.3) is 0 Å². The number of nitrogens with zero attached hydrogens (tertiary/aromatic N) is 6. The SMILES string of the molecule is C[C@@H]1S[C@@H]2[C@H](NC(=O)C(=NOC(C)(C)C(=O)O)c3csc(N)n3)C(=O)N2C(C(=O)O)=C1C[N+]12CCC(CC1)N(C(=O)C(N=O)c1cc(O)c(O)c(F)c1)CC2. The zero-order chi connectivity index (χ0) is 40.1. The number of phenolic OH excluding ortho intramolecular Hbond substituents is 2. The molecule has 5 aliphatic rings. The number of hydrogen-bond donors (Lipinski definition) is 6. The van der Waals surface area contributed by atoms with Crippen molar-refractivity contribution in [2.75, 3.05) is 38.5 Å². The topological polar surface area (TPSA) is 275 Å². The van der Waals surface area contributed by atoms with E-state index in [1.165, 1.54) is 35.9 Å². The molecule has 2 bridgehead atoms. The first-order valence-corrected chi connectivity index (χ1v) is 18.9. The van der Waals surface area contributed by atoms with E-state index in [0.717, 1.165) is 28.4 Å². The van der Waals surface area contributed by atoms with Crippen molar-refractivity contribution >= 4 is 63.6 Å². The lowest BCUT2D eigenvalue weighted by molar-refractivity contribution is -0.925. The van der Waals surface area contributed by atoms with Crippen LogP contribution in [-0.2, 0) is 28.8 Å². The van der Waals surface area contributed by atoms with Gasteiger partial charge < -0.3 is 45.7 Å². The fourth-order valence-electron chi connectivity index (χ4n) is 7.26. The fourth-order valence-corrected chi connectivity index (χ4v) is 9.25. The van der Waals surface area contributed by atoms with Crippen molar-refractivity contribution in [3.05, 3.63) is 50.8 Å². The van der Waals surface area contributed by atoms with Gasteiger partial charge in [0.1, 0.15) is 29.4 Å². The van der Waals surface area contributed by atoms with E-state index in [1.54, 1.807) is 6.92 Å². The Balaban J connectivity index is 1.20. The molecule has 0 aliphatic carbocycles. The molecule has 55 heavy (non-hydrogen) atoms. The molecule has 7 N–H and O–H groups in total. The Morgan fingerprint density at radius 3 is 2.45 bits per heavy atom. The molecule has 4 fully saturated rings. The molecular weight excluding hydrogens is 768 g/mol. The van der Waals surface area contributed by atoms with Gasteiger partial charge in [-0.15, -0.1) is 28.0 Å². The van der Waals surface area contributed by atoms with Crippen LogP contribution in [0.5, 0.6) is 11.5 Å². The molecule has 19 nitrogen and oxygen atoms in total. The summed E-state index contributed by atoms with van der Waals surface area (Å²) >= 11 is 2.27. The number of rotatable bonds is 12. The number of β-lactam (4-membered cyclic amide) rings is 1. The number of carbonyl (C=O) groups is 5. The number of hydrogen-bond acceptors (Lipinski definition) is 15. The maximum atomic E-state index is 14.2. The predicted molar refractivity (Wildman–Crippen MR) is 193 cm³/mol. The number of nitrogens with one attached hydrogen (secondary N) is 1. The lowest BCUT2D eigenvalue weighted by atomic mass is 9.97. The number of halogens is 1. The minimum Gasteiger partial charge on any atom is -0.504 e. The van der Waals surface area contributed by atoms with Crippen molar-refractivity contribution in [2.24, 2.45) is 10.3 Å². The first-order valence-electron chi connectivity index (χ1n) is 17.0. The summed E-state index contributed by atoms with van der Waals surface area (Å²) in [6, 6.07) is -1.44. The van der Waals surface area contributed by atoms with Crippen molar-refractivity contribution in [2.45, 2.75) is 68.0 Å². The van der Waals surface area contributed by atoms with Crippen molar-refractivity contribution in [1.82, 2.24) is 20.1 Å². The molecule has 1 aromatic carbocycles. The molecule has 294 valence electrons. The summed E-state index contributed by atoms with van der Waals surface area (Å²) in [5, 5.41) is 48.9. The summed E-state index contributed by atoms with van der Waals surface area (Å²) in [5.74, 6) is -8.06. The van der Waals surface area contributed by atoms with Crippen LogP contribution < -0.4 is 11.1 Å². The molecule has 1 aromatic heterocycles. The minimum atomic E-state index is -1.82. The average Bonchev–Trinajstić information content (AvgIpc) is 3.37. The van der Waals surface area contributed by atoms with Gasteiger partial charge in [0.15, 0.2) is 34.2 Å². The fraction of sp³-hybridized carbons (Fsp3) is 0.485. The number of nitrogen functional groups attached to an aromatic ring is 1. The van der Waals surface area contributed by atoms with Gasteiger partial charge in [0.2, 0.25) is 5.60 Å². The highest BCUT2D eigenvalue weighted by Gasteiger charge is 2.57. The number of carbonyl (C=O) groups excluding carboxylic acids is 3. The molecule has 0 saturated carbocycles. The lowest BCUT2D eigenvalue weighted by Crippen LogP contribution is -2.72. The van der Waals surface area contributed by atoms with Gasteiger partial charge in [-0.3, -0.25) is 19.3 Å². The molecule has 7 rings (SSSR count). The summed E-state index contributed by atoms with van der Waals surface area (Å²) in [7, 11) is 0. The maximum absolute atomic E-state index is 14.2. The maximum Gasteiger partial charge on any atom is 0.352 e. The third-order valence-electron chi connectivity index (χ3n) is 10.4. The number of amides is 3. The summed E-state index contributed by atoms with van der Waals surface area (Å²) < 4.78 is 14.6. The zero-order valence-corrected chi connectivity index (χ0v) is 31.3. The van der Waals surface area contributed by atoms with Gasteiger partial charge in [0.05, 0.1) is 26.2 Å². The molecule has 1 unspecified atom stereocenters. The van der Waals surface area contributed by atoms with Crippen LogP contribution in [0.1, 0.15) is 50.9 Å². The van der Waals surface area contributed by atoms with Crippen LogP contribution in [0.2, 0.25) is 0 Å².